The normalized spacial score (nSPS) is 17.1. The molecule has 1 aliphatic rings. The maximum atomic E-state index is 13.2. The third-order valence-corrected chi connectivity index (χ3v) is 5.92. The summed E-state index contributed by atoms with van der Waals surface area (Å²) in [5.41, 5.74) is 3.55. The van der Waals surface area contributed by atoms with Crippen LogP contribution in [0.25, 0.3) is 10.9 Å². The van der Waals surface area contributed by atoms with Gasteiger partial charge in [-0.1, -0.05) is 68.8 Å². The summed E-state index contributed by atoms with van der Waals surface area (Å²) in [6.07, 6.45) is 2.57. The molecule has 31 heavy (non-hydrogen) atoms. The Balaban J connectivity index is 1.71. The third-order valence-electron chi connectivity index (χ3n) is 5.92. The SMILES string of the molecule is Cc1ccc(C2C(C(=O)C(C)(C)C)=C(O)C(=O)N2CCc2c[nH]c3ccccc23)cc1. The zero-order valence-electron chi connectivity index (χ0n) is 18.4. The van der Waals surface area contributed by atoms with Crippen molar-refractivity contribution < 1.29 is 14.7 Å². The highest BCUT2D eigenvalue weighted by Crippen LogP contribution is 2.41. The molecule has 0 radical (unpaired) electrons. The van der Waals surface area contributed by atoms with E-state index in [4.69, 9.17) is 0 Å². The Kier molecular flexibility index (Phi) is 5.21. The predicted octanol–water partition coefficient (Wildman–Crippen LogP) is 5.03. The number of para-hydroxylation sites is 1. The van der Waals surface area contributed by atoms with Gasteiger partial charge in [0, 0.05) is 29.1 Å². The number of carbonyl (C=O) groups is 2. The third kappa shape index (κ3) is 3.76. The molecule has 4 rings (SSSR count). The number of aliphatic hydroxyl groups excluding tert-OH is 1. The van der Waals surface area contributed by atoms with Gasteiger partial charge >= 0.3 is 0 Å². The van der Waals surface area contributed by atoms with E-state index in [0.717, 1.165) is 27.6 Å². The molecule has 1 unspecified atom stereocenters. The Hall–Kier alpha value is -3.34. The maximum absolute atomic E-state index is 13.2. The highest BCUT2D eigenvalue weighted by atomic mass is 16.3. The Morgan fingerprint density at radius 2 is 1.77 bits per heavy atom. The number of aliphatic hydroxyl groups is 1. The van der Waals surface area contributed by atoms with Crippen LogP contribution in [0.15, 0.2) is 66.1 Å². The Labute approximate surface area is 182 Å². The minimum atomic E-state index is -0.709. The van der Waals surface area contributed by atoms with Gasteiger partial charge in [-0.2, -0.15) is 0 Å². The van der Waals surface area contributed by atoms with Crippen LogP contribution in [0.1, 0.15) is 43.5 Å². The van der Waals surface area contributed by atoms with Gasteiger partial charge in [0.2, 0.25) is 0 Å². The number of nitrogens with one attached hydrogen (secondary N) is 1. The smallest absolute Gasteiger partial charge is 0.290 e. The van der Waals surface area contributed by atoms with Crippen molar-refractivity contribution in [1.82, 2.24) is 9.88 Å². The van der Waals surface area contributed by atoms with Crippen molar-refractivity contribution in [3.63, 3.8) is 0 Å². The molecule has 160 valence electrons. The molecule has 1 aliphatic heterocycles. The number of benzene rings is 2. The van der Waals surface area contributed by atoms with Gasteiger partial charge in [-0.3, -0.25) is 9.59 Å². The van der Waals surface area contributed by atoms with Gasteiger partial charge in [0.1, 0.15) is 0 Å². The number of hydrogen-bond donors (Lipinski definition) is 2. The number of fused-ring (bicyclic) bond motifs is 1. The Bertz CT molecular complexity index is 1180. The van der Waals surface area contributed by atoms with Crippen molar-refractivity contribution in [3.05, 3.63) is 82.8 Å². The molecule has 0 saturated carbocycles. The number of carbonyl (C=O) groups excluding carboxylic acids is 2. The van der Waals surface area contributed by atoms with Gasteiger partial charge in [-0.25, -0.2) is 0 Å². The molecule has 5 heteroatoms. The van der Waals surface area contributed by atoms with E-state index in [1.54, 1.807) is 25.7 Å². The van der Waals surface area contributed by atoms with E-state index in [1.807, 2.05) is 55.6 Å². The minimum Gasteiger partial charge on any atom is -0.503 e. The number of aromatic nitrogens is 1. The minimum absolute atomic E-state index is 0.195. The van der Waals surface area contributed by atoms with Gasteiger partial charge in [0.25, 0.3) is 5.91 Å². The lowest BCUT2D eigenvalue weighted by molar-refractivity contribution is -0.129. The molecule has 1 aromatic heterocycles. The average molecular weight is 417 g/mol. The molecular formula is C26H28N2O3. The largest absolute Gasteiger partial charge is 0.503 e. The van der Waals surface area contributed by atoms with Crippen LogP contribution in [0.4, 0.5) is 0 Å². The van der Waals surface area contributed by atoms with Crippen LogP contribution in [0.5, 0.6) is 0 Å². The first-order chi connectivity index (χ1) is 14.7. The van der Waals surface area contributed by atoms with Gasteiger partial charge in [-0.15, -0.1) is 0 Å². The number of amides is 1. The molecule has 2 heterocycles. The first kappa shape index (κ1) is 20.9. The van der Waals surface area contributed by atoms with Crippen LogP contribution >= 0.6 is 0 Å². The van der Waals surface area contributed by atoms with Crippen LogP contribution in [0.3, 0.4) is 0 Å². The quantitative estimate of drug-likeness (QED) is 0.613. The van der Waals surface area contributed by atoms with Gasteiger partial charge < -0.3 is 15.0 Å². The molecule has 3 aromatic rings. The van der Waals surface area contributed by atoms with Crippen LogP contribution in [0, 0.1) is 12.3 Å². The lowest BCUT2D eigenvalue weighted by Gasteiger charge is -2.29. The first-order valence-electron chi connectivity index (χ1n) is 10.6. The lowest BCUT2D eigenvalue weighted by atomic mass is 9.82. The van der Waals surface area contributed by atoms with Crippen LogP contribution < -0.4 is 0 Å². The van der Waals surface area contributed by atoms with Crippen LogP contribution in [-0.4, -0.2) is 33.2 Å². The Morgan fingerprint density at radius 3 is 2.45 bits per heavy atom. The molecule has 2 N–H and O–H groups in total. The molecule has 0 saturated heterocycles. The predicted molar refractivity (Wildman–Crippen MR) is 122 cm³/mol. The topological polar surface area (TPSA) is 73.4 Å². The van der Waals surface area contributed by atoms with E-state index in [9.17, 15) is 14.7 Å². The fourth-order valence-electron chi connectivity index (χ4n) is 4.19. The van der Waals surface area contributed by atoms with Gasteiger partial charge in [0.15, 0.2) is 11.5 Å². The summed E-state index contributed by atoms with van der Waals surface area (Å²) in [6.45, 7) is 7.81. The van der Waals surface area contributed by atoms with Crippen molar-refractivity contribution in [2.75, 3.05) is 6.54 Å². The maximum Gasteiger partial charge on any atom is 0.290 e. The van der Waals surface area contributed by atoms with E-state index >= 15 is 0 Å². The van der Waals surface area contributed by atoms with Crippen molar-refractivity contribution in [1.29, 1.82) is 0 Å². The van der Waals surface area contributed by atoms with Crippen molar-refractivity contribution in [2.24, 2.45) is 5.41 Å². The summed E-state index contributed by atoms with van der Waals surface area (Å²) in [7, 11) is 0. The number of aromatic amines is 1. The number of nitrogens with zero attached hydrogens (tertiary/aromatic N) is 1. The Morgan fingerprint density at radius 1 is 1.10 bits per heavy atom. The number of hydrogen-bond acceptors (Lipinski definition) is 3. The molecule has 1 atom stereocenters. The highest BCUT2D eigenvalue weighted by Gasteiger charge is 2.45. The summed E-state index contributed by atoms with van der Waals surface area (Å²) in [5, 5.41) is 11.9. The van der Waals surface area contributed by atoms with Crippen molar-refractivity contribution >= 4 is 22.6 Å². The fraction of sp³-hybridized carbons (Fsp3) is 0.308. The molecular weight excluding hydrogens is 388 g/mol. The second kappa shape index (κ2) is 7.73. The number of aryl methyl sites for hydroxylation is 1. The van der Waals surface area contributed by atoms with Gasteiger partial charge in [-0.05, 0) is 30.5 Å². The average Bonchev–Trinajstić information content (AvgIpc) is 3.25. The molecule has 5 nitrogen and oxygen atoms in total. The van der Waals surface area contributed by atoms with Crippen molar-refractivity contribution in [2.45, 2.75) is 40.2 Å². The molecule has 0 spiro atoms. The zero-order chi connectivity index (χ0) is 22.3. The first-order valence-corrected chi connectivity index (χ1v) is 10.6. The summed E-state index contributed by atoms with van der Waals surface area (Å²) >= 11 is 0. The van der Waals surface area contributed by atoms with Crippen LogP contribution in [-0.2, 0) is 16.0 Å². The summed E-state index contributed by atoms with van der Waals surface area (Å²) in [4.78, 5) is 31.2. The van der Waals surface area contributed by atoms with E-state index in [1.165, 1.54) is 0 Å². The van der Waals surface area contributed by atoms with Crippen LogP contribution in [0.2, 0.25) is 0 Å². The zero-order valence-corrected chi connectivity index (χ0v) is 18.4. The van der Waals surface area contributed by atoms with E-state index in [-0.39, 0.29) is 11.4 Å². The number of ketones is 1. The molecule has 1 amide bonds. The molecule has 2 aromatic carbocycles. The number of H-pyrrole nitrogens is 1. The van der Waals surface area contributed by atoms with E-state index in [0.29, 0.717) is 13.0 Å². The summed E-state index contributed by atoms with van der Waals surface area (Å²) < 4.78 is 0. The second-order valence-corrected chi connectivity index (χ2v) is 9.26. The number of rotatable bonds is 5. The number of Topliss-reactive ketones (excluding diaryl/α,β-unsaturated/α-hetero) is 1. The molecule has 0 aliphatic carbocycles. The highest BCUT2D eigenvalue weighted by molar-refractivity contribution is 6.10. The molecule has 0 fully saturated rings. The van der Waals surface area contributed by atoms with Gasteiger partial charge in [0.05, 0.1) is 11.6 Å². The second-order valence-electron chi connectivity index (χ2n) is 9.26. The molecule has 0 bridgehead atoms. The summed E-state index contributed by atoms with van der Waals surface area (Å²) in [5.74, 6) is -1.12. The van der Waals surface area contributed by atoms with E-state index < -0.39 is 23.1 Å². The monoisotopic (exact) mass is 416 g/mol. The summed E-state index contributed by atoms with van der Waals surface area (Å²) in [6, 6.07) is 15.2. The van der Waals surface area contributed by atoms with E-state index in [2.05, 4.69) is 11.1 Å². The fourth-order valence-corrected chi connectivity index (χ4v) is 4.19. The standard InChI is InChI=1S/C26H28N2O3/c1-16-9-11-17(12-10-16)22-21(24(30)26(2,3)4)23(29)25(31)28(22)14-13-18-15-27-20-8-6-5-7-19(18)20/h5-12,15,22,27,29H,13-14H2,1-4H3. The van der Waals surface area contributed by atoms with Crippen molar-refractivity contribution in [3.8, 4) is 0 Å². The lowest BCUT2D eigenvalue weighted by Crippen LogP contribution is -2.34.